The molecule has 2 aromatic rings. The molecule has 7 heteroatoms. The molecule has 0 spiro atoms. The van der Waals surface area contributed by atoms with Gasteiger partial charge in [-0.3, -0.25) is 4.79 Å². The minimum absolute atomic E-state index is 0. The fraction of sp³-hybridized carbons (Fsp3) is 0. The van der Waals surface area contributed by atoms with E-state index in [4.69, 9.17) is 4.18 Å². The number of carbonyl (C=O) groups excluding carboxylic acids is 1. The summed E-state index contributed by atoms with van der Waals surface area (Å²) in [6.07, 6.45) is 0. The van der Waals surface area contributed by atoms with Crippen LogP contribution in [0.3, 0.4) is 0 Å². The summed E-state index contributed by atoms with van der Waals surface area (Å²) in [5.74, 6) is -0.604. The van der Waals surface area contributed by atoms with E-state index in [0.717, 1.165) is 0 Å². The molecule has 0 saturated carbocycles. The predicted octanol–water partition coefficient (Wildman–Crippen LogP) is -1.14. The molecule has 0 atom stereocenters. The Morgan fingerprint density at radius 1 is 0.950 bits per heavy atom. The van der Waals surface area contributed by atoms with Crippen LogP contribution in [0.15, 0.2) is 60.7 Å². The van der Waals surface area contributed by atoms with Crippen molar-refractivity contribution >= 4 is 16.2 Å². The first-order valence-corrected chi connectivity index (χ1v) is 6.84. The van der Waals surface area contributed by atoms with Gasteiger partial charge in [0.2, 0.25) is 0 Å². The summed E-state index contributed by atoms with van der Waals surface area (Å²) in [7, 11) is -4.18. The topological polar surface area (TPSA) is 72.5 Å². The second-order valence-electron chi connectivity index (χ2n) is 3.65. The van der Waals surface area contributed by atoms with Crippen molar-refractivity contribution < 1.29 is 48.4 Å². The van der Waals surface area contributed by atoms with Gasteiger partial charge in [0.1, 0.15) is 5.75 Å². The molecule has 1 N–H and O–H groups in total. The minimum Gasteiger partial charge on any atom is -1.00 e. The van der Waals surface area contributed by atoms with Gasteiger partial charge >= 0.3 is 39.9 Å². The fourth-order valence-electron chi connectivity index (χ4n) is 1.39. The molecule has 20 heavy (non-hydrogen) atoms. The first-order valence-electron chi connectivity index (χ1n) is 5.43. The summed E-state index contributed by atoms with van der Waals surface area (Å²) in [4.78, 5) is 11.7. The molecular formula is C13H12NNaO4S. The molecule has 100 valence electrons. The number of carbonyl (C=O) groups is 1. The van der Waals surface area contributed by atoms with E-state index < -0.39 is 16.2 Å². The second kappa shape index (κ2) is 7.44. The van der Waals surface area contributed by atoms with E-state index in [9.17, 15) is 13.2 Å². The number of benzene rings is 2. The van der Waals surface area contributed by atoms with Gasteiger partial charge in [-0.2, -0.15) is 8.42 Å². The Morgan fingerprint density at radius 2 is 1.45 bits per heavy atom. The van der Waals surface area contributed by atoms with Crippen molar-refractivity contribution in [2.45, 2.75) is 0 Å². The van der Waals surface area contributed by atoms with Crippen molar-refractivity contribution in [2.75, 3.05) is 0 Å². The summed E-state index contributed by atoms with van der Waals surface area (Å²) >= 11 is 0. The number of rotatable bonds is 4. The number of nitrogens with one attached hydrogen (secondary N) is 1. The van der Waals surface area contributed by atoms with Crippen LogP contribution in [-0.4, -0.2) is 14.3 Å². The van der Waals surface area contributed by atoms with Crippen LogP contribution in [0.4, 0.5) is 0 Å². The van der Waals surface area contributed by atoms with Gasteiger partial charge in [0.05, 0.1) is 0 Å². The fourth-order valence-corrected chi connectivity index (χ4v) is 2.14. The van der Waals surface area contributed by atoms with Gasteiger partial charge in [0.15, 0.2) is 0 Å². The zero-order valence-electron chi connectivity index (χ0n) is 11.8. The predicted molar refractivity (Wildman–Crippen MR) is 71.0 cm³/mol. The maximum absolute atomic E-state index is 11.7. The molecule has 5 nitrogen and oxygen atoms in total. The van der Waals surface area contributed by atoms with Crippen LogP contribution < -0.4 is 38.5 Å². The summed E-state index contributed by atoms with van der Waals surface area (Å²) in [6.45, 7) is 0. The van der Waals surface area contributed by atoms with E-state index in [1.54, 1.807) is 36.4 Å². The quantitative estimate of drug-likeness (QED) is 0.724. The molecule has 0 radical (unpaired) electrons. The van der Waals surface area contributed by atoms with Crippen LogP contribution in [0.25, 0.3) is 0 Å². The summed E-state index contributed by atoms with van der Waals surface area (Å²) in [5, 5.41) is 0. The van der Waals surface area contributed by atoms with Crippen LogP contribution in [0, 0.1) is 0 Å². The van der Waals surface area contributed by atoms with Crippen molar-refractivity contribution in [3.05, 3.63) is 66.2 Å². The molecule has 0 bridgehead atoms. The van der Waals surface area contributed by atoms with Crippen molar-refractivity contribution in [1.29, 1.82) is 0 Å². The van der Waals surface area contributed by atoms with Gasteiger partial charge in [0.25, 0.3) is 5.91 Å². The first-order chi connectivity index (χ1) is 9.07. The molecule has 2 rings (SSSR count). The summed E-state index contributed by atoms with van der Waals surface area (Å²) in [6, 6.07) is 16.0. The van der Waals surface area contributed by atoms with Crippen LogP contribution in [0.5, 0.6) is 5.75 Å². The molecule has 0 saturated heterocycles. The monoisotopic (exact) mass is 301 g/mol. The number of para-hydroxylation sites is 1. The maximum Gasteiger partial charge on any atom is 1.00 e. The van der Waals surface area contributed by atoms with Crippen LogP contribution >= 0.6 is 0 Å². The molecule has 0 aliphatic rings. The minimum atomic E-state index is -4.18. The smallest absolute Gasteiger partial charge is 1.00 e. The van der Waals surface area contributed by atoms with Gasteiger partial charge in [-0.1, -0.05) is 36.4 Å². The summed E-state index contributed by atoms with van der Waals surface area (Å²) in [5.41, 5.74) is 0.239. The SMILES string of the molecule is O=C(NS(=O)(=O)Oc1ccccc1)c1ccccc1.[H-].[Na+]. The molecule has 0 fully saturated rings. The van der Waals surface area contributed by atoms with Crippen molar-refractivity contribution in [1.82, 2.24) is 4.72 Å². The first kappa shape index (κ1) is 16.7. The molecule has 0 unspecified atom stereocenters. The Hall–Kier alpha value is -1.34. The molecule has 0 aliphatic heterocycles. The Bertz CT molecular complexity index is 665. The average molecular weight is 301 g/mol. The van der Waals surface area contributed by atoms with Gasteiger partial charge in [-0.15, -0.1) is 0 Å². The van der Waals surface area contributed by atoms with Crippen LogP contribution in [-0.2, 0) is 10.3 Å². The van der Waals surface area contributed by atoms with Gasteiger partial charge in [-0.25, -0.2) is 4.72 Å². The van der Waals surface area contributed by atoms with Crippen molar-refractivity contribution in [3.8, 4) is 5.75 Å². The Kier molecular flexibility index (Phi) is 6.22. The summed E-state index contributed by atoms with van der Waals surface area (Å²) < 4.78 is 29.8. The number of amides is 1. The van der Waals surface area contributed by atoms with E-state index in [0.29, 0.717) is 0 Å². The zero-order valence-corrected chi connectivity index (χ0v) is 13.6. The third-order valence-electron chi connectivity index (χ3n) is 2.20. The Morgan fingerprint density at radius 3 is 2.00 bits per heavy atom. The standard InChI is InChI=1S/C13H11NO4S.Na.H/c15-13(11-7-3-1-4-8-11)14-19(16,17)18-12-9-5-2-6-10-12;;/h1-10H,(H,14,15);;/q;+1;-1. The van der Waals surface area contributed by atoms with Crippen molar-refractivity contribution in [2.24, 2.45) is 0 Å². The molecular weight excluding hydrogens is 289 g/mol. The van der Waals surface area contributed by atoms with Crippen LogP contribution in [0.1, 0.15) is 11.8 Å². The number of hydrogen-bond donors (Lipinski definition) is 1. The molecule has 0 aliphatic carbocycles. The van der Waals surface area contributed by atoms with E-state index >= 15 is 0 Å². The zero-order chi connectivity index (χ0) is 13.7. The van der Waals surface area contributed by atoms with E-state index in [-0.39, 0.29) is 42.3 Å². The second-order valence-corrected chi connectivity index (χ2v) is 4.93. The average Bonchev–Trinajstić information content (AvgIpc) is 2.39. The molecule has 0 aromatic heterocycles. The molecule has 0 heterocycles. The van der Waals surface area contributed by atoms with Gasteiger partial charge < -0.3 is 5.61 Å². The van der Waals surface area contributed by atoms with E-state index in [1.807, 2.05) is 4.72 Å². The van der Waals surface area contributed by atoms with Crippen LogP contribution in [0.2, 0.25) is 0 Å². The Balaban J connectivity index is 0.00000200. The molecule has 2 aromatic carbocycles. The largest absolute Gasteiger partial charge is 1.00 e. The maximum atomic E-state index is 11.7. The molecule has 1 amide bonds. The van der Waals surface area contributed by atoms with Crippen molar-refractivity contribution in [3.63, 3.8) is 0 Å². The third-order valence-corrected chi connectivity index (χ3v) is 3.05. The van der Waals surface area contributed by atoms with E-state index in [2.05, 4.69) is 0 Å². The van der Waals surface area contributed by atoms with Gasteiger partial charge in [-0.05, 0) is 24.3 Å². The normalized spacial score (nSPS) is 10.2. The number of hydrogen-bond acceptors (Lipinski definition) is 4. The van der Waals surface area contributed by atoms with E-state index in [1.165, 1.54) is 24.3 Å². The third kappa shape index (κ3) is 4.97. The van der Waals surface area contributed by atoms with Gasteiger partial charge in [0, 0.05) is 5.56 Å². The Labute approximate surface area is 141 Å².